The highest BCUT2D eigenvalue weighted by Crippen LogP contribution is 2.32. The zero-order valence-corrected chi connectivity index (χ0v) is 13.1. The van der Waals surface area contributed by atoms with Crippen LogP contribution in [0, 0.1) is 11.8 Å². The maximum absolute atomic E-state index is 11.7. The van der Waals surface area contributed by atoms with Gasteiger partial charge >= 0.3 is 5.97 Å². The maximum Gasteiger partial charge on any atom is 0.358 e. The molecule has 2 heterocycles. The largest absolute Gasteiger partial charge is 0.464 e. The standard InChI is InChI=1S/C14H20N2O3S/c1-8-5-9(2)7-16(6-8)14-15-11(13(18)19-4)12(20-14)10(3)17/h8-9H,5-7H2,1-4H3. The van der Waals surface area contributed by atoms with Gasteiger partial charge in [-0.3, -0.25) is 4.79 Å². The van der Waals surface area contributed by atoms with Crippen LogP contribution in [0.2, 0.25) is 0 Å². The molecule has 2 unspecified atom stereocenters. The summed E-state index contributed by atoms with van der Waals surface area (Å²) in [7, 11) is 1.30. The number of rotatable bonds is 3. The van der Waals surface area contributed by atoms with Crippen LogP contribution in [0.5, 0.6) is 0 Å². The van der Waals surface area contributed by atoms with Gasteiger partial charge in [-0.25, -0.2) is 9.78 Å². The normalized spacial score (nSPS) is 22.7. The van der Waals surface area contributed by atoms with Crippen LogP contribution in [-0.2, 0) is 4.74 Å². The number of thiazole rings is 1. The van der Waals surface area contributed by atoms with E-state index in [2.05, 4.69) is 23.7 Å². The molecule has 20 heavy (non-hydrogen) atoms. The summed E-state index contributed by atoms with van der Waals surface area (Å²) in [6.07, 6.45) is 1.20. The van der Waals surface area contributed by atoms with Crippen molar-refractivity contribution >= 4 is 28.2 Å². The van der Waals surface area contributed by atoms with Gasteiger partial charge in [-0.1, -0.05) is 25.2 Å². The topological polar surface area (TPSA) is 59.5 Å². The van der Waals surface area contributed by atoms with Gasteiger partial charge in [0.25, 0.3) is 0 Å². The van der Waals surface area contributed by atoms with Crippen molar-refractivity contribution in [1.82, 2.24) is 4.98 Å². The second kappa shape index (κ2) is 5.91. The Morgan fingerprint density at radius 1 is 1.30 bits per heavy atom. The fourth-order valence-corrected chi connectivity index (χ4v) is 3.70. The summed E-state index contributed by atoms with van der Waals surface area (Å²) in [5, 5.41) is 0.744. The number of ether oxygens (including phenoxy) is 1. The Bertz CT molecular complexity index is 516. The van der Waals surface area contributed by atoms with Crippen molar-refractivity contribution in [2.75, 3.05) is 25.1 Å². The van der Waals surface area contributed by atoms with Gasteiger partial charge in [0.1, 0.15) is 4.88 Å². The number of esters is 1. The minimum Gasteiger partial charge on any atom is -0.464 e. The van der Waals surface area contributed by atoms with Gasteiger partial charge in [-0.2, -0.15) is 0 Å². The molecule has 0 aromatic carbocycles. The Morgan fingerprint density at radius 2 is 1.90 bits per heavy atom. The molecule has 1 aromatic rings. The smallest absolute Gasteiger partial charge is 0.358 e. The summed E-state index contributed by atoms with van der Waals surface area (Å²) in [4.78, 5) is 30.3. The number of methoxy groups -OCH3 is 1. The van der Waals surface area contributed by atoms with E-state index in [4.69, 9.17) is 4.74 Å². The van der Waals surface area contributed by atoms with E-state index in [0.717, 1.165) is 18.2 Å². The van der Waals surface area contributed by atoms with E-state index >= 15 is 0 Å². The molecule has 5 nitrogen and oxygen atoms in total. The zero-order valence-electron chi connectivity index (χ0n) is 12.3. The summed E-state index contributed by atoms with van der Waals surface area (Å²) in [5.74, 6) is 0.484. The minimum absolute atomic E-state index is 0.144. The van der Waals surface area contributed by atoms with E-state index in [1.165, 1.54) is 31.8 Å². The predicted octanol–water partition coefficient (Wildman–Crippen LogP) is 2.61. The molecular formula is C14H20N2O3S. The lowest BCUT2D eigenvalue weighted by Crippen LogP contribution is -2.38. The Labute approximate surface area is 122 Å². The molecule has 0 spiro atoms. The monoisotopic (exact) mass is 296 g/mol. The summed E-state index contributed by atoms with van der Waals surface area (Å²) in [5.41, 5.74) is 0.144. The molecule has 0 N–H and O–H groups in total. The van der Waals surface area contributed by atoms with Crippen LogP contribution >= 0.6 is 11.3 Å². The molecule has 2 rings (SSSR count). The van der Waals surface area contributed by atoms with Crippen molar-refractivity contribution in [3.05, 3.63) is 10.6 Å². The number of hydrogen-bond acceptors (Lipinski definition) is 6. The van der Waals surface area contributed by atoms with E-state index in [-0.39, 0.29) is 11.5 Å². The summed E-state index contributed by atoms with van der Waals surface area (Å²) in [6, 6.07) is 0. The van der Waals surface area contributed by atoms with E-state index in [1.54, 1.807) is 0 Å². The molecule has 0 aliphatic carbocycles. The minimum atomic E-state index is -0.546. The molecule has 1 aliphatic rings. The second-order valence-electron chi connectivity index (χ2n) is 5.57. The Kier molecular flexibility index (Phi) is 4.42. The summed E-state index contributed by atoms with van der Waals surface area (Å²) < 4.78 is 4.70. The average molecular weight is 296 g/mol. The SMILES string of the molecule is COC(=O)c1nc(N2CC(C)CC(C)C2)sc1C(C)=O. The lowest BCUT2D eigenvalue weighted by molar-refractivity contribution is 0.0591. The third-order valence-electron chi connectivity index (χ3n) is 3.45. The number of piperidine rings is 1. The van der Waals surface area contributed by atoms with Gasteiger partial charge in [0.15, 0.2) is 16.6 Å². The van der Waals surface area contributed by atoms with E-state index in [0.29, 0.717) is 16.7 Å². The number of Topliss-reactive ketones (excluding diaryl/α,β-unsaturated/α-hetero) is 1. The first-order valence-corrected chi connectivity index (χ1v) is 7.59. The molecule has 1 aliphatic heterocycles. The lowest BCUT2D eigenvalue weighted by Gasteiger charge is -2.34. The van der Waals surface area contributed by atoms with Gasteiger partial charge in [0.2, 0.25) is 0 Å². The molecule has 0 radical (unpaired) electrons. The summed E-state index contributed by atoms with van der Waals surface area (Å²) >= 11 is 1.29. The Balaban J connectivity index is 2.33. The Hall–Kier alpha value is -1.43. The highest BCUT2D eigenvalue weighted by atomic mass is 32.1. The number of ketones is 1. The van der Waals surface area contributed by atoms with Crippen LogP contribution in [0.4, 0.5) is 5.13 Å². The molecule has 6 heteroatoms. The molecule has 1 aromatic heterocycles. The van der Waals surface area contributed by atoms with Crippen molar-refractivity contribution in [2.24, 2.45) is 11.8 Å². The Morgan fingerprint density at radius 3 is 2.40 bits per heavy atom. The van der Waals surface area contributed by atoms with Gasteiger partial charge in [-0.05, 0) is 18.3 Å². The number of aromatic nitrogens is 1. The molecule has 1 fully saturated rings. The second-order valence-corrected chi connectivity index (χ2v) is 6.55. The quantitative estimate of drug-likeness (QED) is 0.634. The van der Waals surface area contributed by atoms with Crippen molar-refractivity contribution < 1.29 is 14.3 Å². The summed E-state index contributed by atoms with van der Waals surface area (Å²) in [6.45, 7) is 7.70. The van der Waals surface area contributed by atoms with Crippen molar-refractivity contribution in [3.63, 3.8) is 0 Å². The average Bonchev–Trinajstić information content (AvgIpc) is 2.81. The molecule has 0 saturated carbocycles. The lowest BCUT2D eigenvalue weighted by atomic mass is 9.92. The van der Waals surface area contributed by atoms with Gasteiger partial charge in [0, 0.05) is 20.0 Å². The van der Waals surface area contributed by atoms with Crippen LogP contribution in [0.1, 0.15) is 47.4 Å². The van der Waals surface area contributed by atoms with Crippen LogP contribution in [0.15, 0.2) is 0 Å². The highest BCUT2D eigenvalue weighted by molar-refractivity contribution is 7.17. The molecule has 0 amide bonds. The van der Waals surface area contributed by atoms with Crippen LogP contribution in [-0.4, -0.2) is 36.9 Å². The van der Waals surface area contributed by atoms with Crippen LogP contribution < -0.4 is 4.90 Å². The number of hydrogen-bond donors (Lipinski definition) is 0. The third-order valence-corrected chi connectivity index (χ3v) is 4.67. The fourth-order valence-electron chi connectivity index (χ4n) is 2.74. The van der Waals surface area contributed by atoms with Crippen LogP contribution in [0.3, 0.4) is 0 Å². The van der Waals surface area contributed by atoms with E-state index in [9.17, 15) is 9.59 Å². The maximum atomic E-state index is 11.7. The third kappa shape index (κ3) is 3.00. The molecule has 110 valence electrons. The molecular weight excluding hydrogens is 276 g/mol. The number of carbonyl (C=O) groups excluding carboxylic acids is 2. The zero-order chi connectivity index (χ0) is 14.9. The van der Waals surface area contributed by atoms with Crippen LogP contribution in [0.25, 0.3) is 0 Å². The number of nitrogens with zero attached hydrogens (tertiary/aromatic N) is 2. The molecule has 2 atom stereocenters. The highest BCUT2D eigenvalue weighted by Gasteiger charge is 2.28. The first kappa shape index (κ1) is 15.0. The van der Waals surface area contributed by atoms with Crippen molar-refractivity contribution in [2.45, 2.75) is 27.2 Å². The molecule has 0 bridgehead atoms. The number of anilines is 1. The van der Waals surface area contributed by atoms with Crippen molar-refractivity contribution in [1.29, 1.82) is 0 Å². The van der Waals surface area contributed by atoms with Gasteiger partial charge in [-0.15, -0.1) is 0 Å². The predicted molar refractivity (Wildman–Crippen MR) is 78.6 cm³/mol. The van der Waals surface area contributed by atoms with E-state index in [1.807, 2.05) is 0 Å². The van der Waals surface area contributed by atoms with Crippen molar-refractivity contribution in [3.8, 4) is 0 Å². The van der Waals surface area contributed by atoms with Gasteiger partial charge < -0.3 is 9.64 Å². The fraction of sp³-hybridized carbons (Fsp3) is 0.643. The first-order valence-electron chi connectivity index (χ1n) is 6.77. The van der Waals surface area contributed by atoms with Gasteiger partial charge in [0.05, 0.1) is 7.11 Å². The molecule has 1 saturated heterocycles. The first-order chi connectivity index (χ1) is 9.42. The number of carbonyl (C=O) groups is 2. The van der Waals surface area contributed by atoms with E-state index < -0.39 is 5.97 Å².